The molecule has 1 N–H and O–H groups in total. The Hall–Kier alpha value is -2.57. The number of carbonyl (C=O) groups is 2. The van der Waals surface area contributed by atoms with Crippen LogP contribution in [-0.2, 0) is 4.79 Å². The summed E-state index contributed by atoms with van der Waals surface area (Å²) >= 11 is 0. The van der Waals surface area contributed by atoms with Crippen molar-refractivity contribution in [1.29, 1.82) is 0 Å². The predicted octanol–water partition coefficient (Wildman–Crippen LogP) is 1.87. The van der Waals surface area contributed by atoms with E-state index in [0.29, 0.717) is 24.5 Å². The van der Waals surface area contributed by atoms with Crippen LogP contribution < -0.4 is 0 Å². The van der Waals surface area contributed by atoms with Crippen molar-refractivity contribution in [1.82, 2.24) is 10.1 Å². The summed E-state index contributed by atoms with van der Waals surface area (Å²) in [6.45, 7) is 1.84. The predicted molar refractivity (Wildman–Crippen MR) is 68.0 cm³/mol. The van der Waals surface area contributed by atoms with E-state index in [-0.39, 0.29) is 12.2 Å². The molecule has 0 radical (unpaired) electrons. The van der Waals surface area contributed by atoms with Crippen molar-refractivity contribution in [3.63, 3.8) is 0 Å². The monoisotopic (exact) mass is 278 g/mol. The van der Waals surface area contributed by atoms with Crippen molar-refractivity contribution in [2.75, 3.05) is 13.1 Å². The maximum absolute atomic E-state index is 12.2. The lowest BCUT2D eigenvalue weighted by Crippen LogP contribution is -2.36. The number of carboxylic acids is 1. The molecule has 0 atom stereocenters. The van der Waals surface area contributed by atoms with Crippen molar-refractivity contribution >= 4 is 11.9 Å². The molecule has 2 heterocycles. The van der Waals surface area contributed by atoms with Gasteiger partial charge in [-0.1, -0.05) is 12.1 Å². The van der Waals surface area contributed by atoms with Crippen molar-refractivity contribution in [3.8, 4) is 11.5 Å². The Bertz CT molecular complexity index is 588. The number of aliphatic carboxylic acids is 1. The topological polar surface area (TPSA) is 96.8 Å². The highest BCUT2D eigenvalue weighted by Crippen LogP contribution is 2.21. The van der Waals surface area contributed by atoms with E-state index in [1.54, 1.807) is 12.1 Å². The first kappa shape index (κ1) is 13.9. The Morgan fingerprint density at radius 3 is 2.80 bits per heavy atom. The second-order valence-corrected chi connectivity index (χ2v) is 4.17. The third kappa shape index (κ3) is 3.05. The molecule has 0 aliphatic rings. The largest absolute Gasteiger partial charge is 0.480 e. The van der Waals surface area contributed by atoms with Crippen LogP contribution in [0.4, 0.5) is 0 Å². The zero-order valence-electron chi connectivity index (χ0n) is 10.9. The lowest BCUT2D eigenvalue weighted by atomic mass is 10.2. The van der Waals surface area contributed by atoms with Gasteiger partial charge in [-0.25, -0.2) is 0 Å². The first-order valence-corrected chi connectivity index (χ1v) is 6.13. The number of hydrogen-bond acceptors (Lipinski definition) is 5. The van der Waals surface area contributed by atoms with Crippen LogP contribution in [0.25, 0.3) is 11.5 Å². The summed E-state index contributed by atoms with van der Waals surface area (Å²) in [5.74, 6) is -0.765. The van der Waals surface area contributed by atoms with Gasteiger partial charge in [0.15, 0.2) is 11.5 Å². The normalized spacial score (nSPS) is 10.4. The number of carboxylic acid groups (broad SMARTS) is 1. The molecule has 0 fully saturated rings. The summed E-state index contributed by atoms with van der Waals surface area (Å²) in [4.78, 5) is 24.1. The van der Waals surface area contributed by atoms with E-state index in [0.717, 1.165) is 0 Å². The zero-order valence-corrected chi connectivity index (χ0v) is 10.9. The van der Waals surface area contributed by atoms with Gasteiger partial charge in [-0.2, -0.15) is 0 Å². The fourth-order valence-corrected chi connectivity index (χ4v) is 1.76. The molecule has 7 nitrogen and oxygen atoms in total. The summed E-state index contributed by atoms with van der Waals surface area (Å²) < 4.78 is 10.2. The van der Waals surface area contributed by atoms with Gasteiger partial charge in [0.1, 0.15) is 6.54 Å². The van der Waals surface area contributed by atoms with Crippen LogP contribution in [0.2, 0.25) is 0 Å². The maximum atomic E-state index is 12.2. The van der Waals surface area contributed by atoms with E-state index in [1.807, 2.05) is 6.92 Å². The molecule has 2 aromatic rings. The van der Waals surface area contributed by atoms with Gasteiger partial charge >= 0.3 is 5.97 Å². The zero-order chi connectivity index (χ0) is 14.5. The fourth-order valence-electron chi connectivity index (χ4n) is 1.76. The number of aromatic nitrogens is 1. The second kappa shape index (κ2) is 6.05. The molecular weight excluding hydrogens is 264 g/mol. The molecule has 0 saturated carbocycles. The smallest absolute Gasteiger partial charge is 0.323 e. The van der Waals surface area contributed by atoms with Crippen molar-refractivity contribution in [2.24, 2.45) is 0 Å². The Balaban J connectivity index is 2.17. The second-order valence-electron chi connectivity index (χ2n) is 4.17. The average molecular weight is 278 g/mol. The van der Waals surface area contributed by atoms with Gasteiger partial charge in [0.25, 0.3) is 5.91 Å². The fraction of sp³-hybridized carbons (Fsp3) is 0.308. The van der Waals surface area contributed by atoms with Gasteiger partial charge in [0.05, 0.1) is 6.26 Å². The van der Waals surface area contributed by atoms with Crippen molar-refractivity contribution in [3.05, 3.63) is 30.2 Å². The minimum Gasteiger partial charge on any atom is -0.480 e. The first-order chi connectivity index (χ1) is 9.61. The summed E-state index contributed by atoms with van der Waals surface area (Å²) in [7, 11) is 0. The van der Waals surface area contributed by atoms with Gasteiger partial charge in [0, 0.05) is 12.6 Å². The molecule has 0 aliphatic carbocycles. The van der Waals surface area contributed by atoms with Crippen LogP contribution in [0.15, 0.2) is 33.4 Å². The highest BCUT2D eigenvalue weighted by atomic mass is 16.5. The number of carbonyl (C=O) groups excluding carboxylic acids is 1. The first-order valence-electron chi connectivity index (χ1n) is 6.13. The molecule has 0 bridgehead atoms. The van der Waals surface area contributed by atoms with Crippen LogP contribution in [0.5, 0.6) is 0 Å². The van der Waals surface area contributed by atoms with E-state index >= 15 is 0 Å². The molecule has 1 amide bonds. The molecule has 0 aromatic carbocycles. The van der Waals surface area contributed by atoms with E-state index in [1.165, 1.54) is 17.2 Å². The summed E-state index contributed by atoms with van der Waals surface area (Å²) in [6, 6.07) is 4.80. The van der Waals surface area contributed by atoms with Gasteiger partial charge in [-0.15, -0.1) is 0 Å². The Morgan fingerprint density at radius 1 is 1.40 bits per heavy atom. The van der Waals surface area contributed by atoms with Crippen LogP contribution in [0, 0.1) is 0 Å². The quantitative estimate of drug-likeness (QED) is 0.866. The molecule has 7 heteroatoms. The van der Waals surface area contributed by atoms with Gasteiger partial charge in [-0.3, -0.25) is 9.59 Å². The Labute approximate surface area is 114 Å². The molecule has 2 rings (SSSR count). The van der Waals surface area contributed by atoms with Crippen LogP contribution in [-0.4, -0.2) is 40.1 Å². The SMILES string of the molecule is CCCN(CC(=O)O)C(=O)c1cc(-c2ccco2)on1. The number of furan rings is 1. The number of amides is 1. The highest BCUT2D eigenvalue weighted by Gasteiger charge is 2.22. The lowest BCUT2D eigenvalue weighted by Gasteiger charge is -2.18. The van der Waals surface area contributed by atoms with Gasteiger partial charge in [0.2, 0.25) is 5.76 Å². The molecule has 106 valence electrons. The van der Waals surface area contributed by atoms with Gasteiger partial charge < -0.3 is 18.9 Å². The molecule has 0 saturated heterocycles. The third-order valence-corrected chi connectivity index (χ3v) is 2.60. The highest BCUT2D eigenvalue weighted by molar-refractivity contribution is 5.94. The molecule has 20 heavy (non-hydrogen) atoms. The minimum absolute atomic E-state index is 0.0612. The molecular formula is C13H14N2O5. The van der Waals surface area contributed by atoms with E-state index < -0.39 is 11.9 Å². The third-order valence-electron chi connectivity index (χ3n) is 2.60. The molecule has 0 unspecified atom stereocenters. The van der Waals surface area contributed by atoms with Crippen molar-refractivity contribution < 1.29 is 23.6 Å². The maximum Gasteiger partial charge on any atom is 0.323 e. The van der Waals surface area contributed by atoms with E-state index in [4.69, 9.17) is 14.0 Å². The summed E-state index contributed by atoms with van der Waals surface area (Å²) in [6.07, 6.45) is 2.13. The summed E-state index contributed by atoms with van der Waals surface area (Å²) in [5, 5.41) is 12.5. The van der Waals surface area contributed by atoms with E-state index in [2.05, 4.69) is 5.16 Å². The Morgan fingerprint density at radius 2 is 2.20 bits per heavy atom. The summed E-state index contributed by atoms with van der Waals surface area (Å²) in [5.41, 5.74) is 0.0612. The number of nitrogens with zero attached hydrogens (tertiary/aromatic N) is 2. The van der Waals surface area contributed by atoms with E-state index in [9.17, 15) is 9.59 Å². The average Bonchev–Trinajstić information content (AvgIpc) is 3.07. The minimum atomic E-state index is -1.07. The standard InChI is InChI=1S/C13H14N2O5/c1-2-5-15(8-12(16)17)13(18)9-7-11(20-14-9)10-4-3-6-19-10/h3-4,6-7H,2,5,8H2,1H3,(H,16,17). The number of hydrogen-bond donors (Lipinski definition) is 1. The molecule has 0 spiro atoms. The van der Waals surface area contributed by atoms with Crippen LogP contribution in [0.3, 0.4) is 0 Å². The Kier molecular flexibility index (Phi) is 4.19. The lowest BCUT2D eigenvalue weighted by molar-refractivity contribution is -0.137. The van der Waals surface area contributed by atoms with Crippen molar-refractivity contribution in [2.45, 2.75) is 13.3 Å². The molecule has 0 aliphatic heterocycles. The number of rotatable bonds is 6. The van der Waals surface area contributed by atoms with Gasteiger partial charge in [-0.05, 0) is 18.6 Å². The van der Waals surface area contributed by atoms with Crippen LogP contribution >= 0.6 is 0 Å². The van der Waals surface area contributed by atoms with Crippen LogP contribution in [0.1, 0.15) is 23.8 Å². The molecule has 2 aromatic heterocycles.